The maximum Gasteiger partial charge on any atom is 0.333 e. The van der Waals surface area contributed by atoms with Gasteiger partial charge in [0.05, 0.1) is 5.66 Å². The Morgan fingerprint density at radius 3 is 2.33 bits per heavy atom. The van der Waals surface area contributed by atoms with Gasteiger partial charge in [-0.3, -0.25) is 14.6 Å². The van der Waals surface area contributed by atoms with Crippen LogP contribution in [0.2, 0.25) is 0 Å². The molecule has 0 spiro atoms. The highest BCUT2D eigenvalue weighted by atomic mass is 31.2. The molecule has 1 amide bonds. The third-order valence-corrected chi connectivity index (χ3v) is 3.94. The molecule has 1 aromatic carbocycles. The van der Waals surface area contributed by atoms with Crippen molar-refractivity contribution in [1.82, 2.24) is 5.06 Å². The van der Waals surface area contributed by atoms with Gasteiger partial charge in [0.15, 0.2) is 0 Å². The van der Waals surface area contributed by atoms with E-state index in [0.717, 1.165) is 0 Å². The second-order valence-electron chi connectivity index (χ2n) is 3.95. The van der Waals surface area contributed by atoms with Gasteiger partial charge in [-0.2, -0.15) is 0 Å². The summed E-state index contributed by atoms with van der Waals surface area (Å²) in [5.74, 6) is -0.562. The van der Waals surface area contributed by atoms with Crippen LogP contribution in [0.1, 0.15) is 24.6 Å². The first kappa shape index (κ1) is 14.9. The van der Waals surface area contributed by atoms with E-state index in [9.17, 15) is 24.4 Å². The van der Waals surface area contributed by atoms with E-state index in [-0.39, 0.29) is 13.0 Å². The Hall–Kier alpha value is -1.20. The summed E-state index contributed by atoms with van der Waals surface area (Å²) in [5.41, 5.74) is -0.532. The predicted octanol–water partition coefficient (Wildman–Crippen LogP) is 1.53. The van der Waals surface area contributed by atoms with Gasteiger partial charge >= 0.3 is 7.60 Å². The van der Waals surface area contributed by atoms with Crippen molar-refractivity contribution in [2.24, 2.45) is 0 Å². The lowest BCUT2D eigenvalue weighted by Gasteiger charge is -2.21. The van der Waals surface area contributed by atoms with E-state index in [1.165, 1.54) is 6.92 Å². The van der Waals surface area contributed by atoms with Crippen LogP contribution in [0.3, 0.4) is 0 Å². The molecule has 0 aliphatic rings. The average Bonchev–Trinajstić information content (AvgIpc) is 2.28. The molecule has 6 nitrogen and oxygen atoms in total. The van der Waals surface area contributed by atoms with Crippen molar-refractivity contribution in [2.75, 3.05) is 6.54 Å². The van der Waals surface area contributed by atoms with Gasteiger partial charge in [0.2, 0.25) is 5.91 Å². The van der Waals surface area contributed by atoms with Crippen molar-refractivity contribution in [3.8, 4) is 0 Å². The SMILES string of the molecule is CC(=O)N(O)CC[C@H](c1ccccc1)P(=O)(O)O. The molecule has 0 saturated heterocycles. The summed E-state index contributed by atoms with van der Waals surface area (Å²) < 4.78 is 11.4. The van der Waals surface area contributed by atoms with Gasteiger partial charge in [0.25, 0.3) is 0 Å². The monoisotopic (exact) mass is 273 g/mol. The minimum Gasteiger partial charge on any atom is -0.324 e. The molecule has 0 bridgehead atoms. The molecule has 1 rings (SSSR count). The summed E-state index contributed by atoms with van der Waals surface area (Å²) in [4.78, 5) is 29.4. The normalized spacial score (nSPS) is 13.1. The number of nitrogens with zero attached hydrogens (tertiary/aromatic N) is 1. The fourth-order valence-electron chi connectivity index (χ4n) is 1.61. The molecule has 0 aliphatic heterocycles. The number of benzene rings is 1. The number of carbonyl (C=O) groups is 1. The van der Waals surface area contributed by atoms with E-state index < -0.39 is 19.2 Å². The Labute approximate surface area is 105 Å². The number of rotatable bonds is 5. The molecule has 0 aliphatic carbocycles. The Balaban J connectivity index is 2.82. The average molecular weight is 273 g/mol. The highest BCUT2D eigenvalue weighted by Crippen LogP contribution is 2.53. The predicted molar refractivity (Wildman–Crippen MR) is 65.0 cm³/mol. The van der Waals surface area contributed by atoms with Gasteiger partial charge < -0.3 is 9.79 Å². The zero-order chi connectivity index (χ0) is 13.8. The molecule has 0 radical (unpaired) electrons. The minimum atomic E-state index is -4.33. The number of carbonyl (C=O) groups excluding carboxylic acids is 1. The first-order valence-corrected chi connectivity index (χ1v) is 7.07. The van der Waals surface area contributed by atoms with Crippen LogP contribution in [0.15, 0.2) is 30.3 Å². The molecule has 100 valence electrons. The molecule has 3 N–H and O–H groups in total. The smallest absolute Gasteiger partial charge is 0.324 e. The summed E-state index contributed by atoms with van der Waals surface area (Å²) in [6.07, 6.45) is -0.00955. The Kier molecular flexibility index (Phi) is 5.04. The maximum absolute atomic E-state index is 11.4. The second-order valence-corrected chi connectivity index (χ2v) is 5.75. The van der Waals surface area contributed by atoms with Crippen LogP contribution in [0.4, 0.5) is 0 Å². The summed E-state index contributed by atoms with van der Waals surface area (Å²) in [5, 5.41) is 9.67. The number of hydroxylamine groups is 2. The molecule has 1 atom stereocenters. The van der Waals surface area contributed by atoms with Gasteiger partial charge in [0.1, 0.15) is 0 Å². The molecule has 7 heteroatoms. The highest BCUT2D eigenvalue weighted by Gasteiger charge is 2.30. The molecule has 0 aromatic heterocycles. The summed E-state index contributed by atoms with van der Waals surface area (Å²) in [7, 11) is -4.33. The van der Waals surface area contributed by atoms with Crippen LogP contribution in [0.25, 0.3) is 0 Å². The fourth-order valence-corrected chi connectivity index (χ4v) is 2.62. The van der Waals surface area contributed by atoms with Gasteiger partial charge in [0, 0.05) is 13.5 Å². The van der Waals surface area contributed by atoms with Crippen molar-refractivity contribution in [1.29, 1.82) is 0 Å². The van der Waals surface area contributed by atoms with Gasteiger partial charge in [-0.05, 0) is 12.0 Å². The largest absolute Gasteiger partial charge is 0.333 e. The fraction of sp³-hybridized carbons (Fsp3) is 0.364. The van der Waals surface area contributed by atoms with E-state index in [0.29, 0.717) is 10.6 Å². The molecule has 0 fully saturated rings. The number of hydrogen-bond acceptors (Lipinski definition) is 3. The third kappa shape index (κ3) is 4.23. The maximum atomic E-state index is 11.4. The molecule has 0 heterocycles. The van der Waals surface area contributed by atoms with E-state index in [2.05, 4.69) is 0 Å². The van der Waals surface area contributed by atoms with Crippen molar-refractivity contribution in [2.45, 2.75) is 19.0 Å². The van der Waals surface area contributed by atoms with Crippen LogP contribution in [0.5, 0.6) is 0 Å². The van der Waals surface area contributed by atoms with Crippen LogP contribution < -0.4 is 0 Å². The molecular formula is C11H16NO5P. The van der Waals surface area contributed by atoms with Crippen molar-refractivity contribution < 1.29 is 24.4 Å². The molecule has 0 saturated carbocycles. The lowest BCUT2D eigenvalue weighted by molar-refractivity contribution is -0.162. The minimum absolute atomic E-state index is 0.00955. The Morgan fingerprint density at radius 2 is 1.89 bits per heavy atom. The molecule has 18 heavy (non-hydrogen) atoms. The standard InChI is InChI=1S/C11H16NO5P/c1-9(13)12(14)8-7-11(18(15,16)17)10-5-3-2-4-6-10/h2-6,11,14H,7-8H2,1H3,(H2,15,16,17)/t11-/m1/s1. The second kappa shape index (κ2) is 6.11. The quantitative estimate of drug-likeness (QED) is 0.429. The molecule has 0 unspecified atom stereocenters. The van der Waals surface area contributed by atoms with Crippen LogP contribution in [-0.2, 0) is 9.36 Å². The molecule has 1 aromatic rings. The lowest BCUT2D eigenvalue weighted by atomic mass is 10.1. The third-order valence-electron chi connectivity index (χ3n) is 2.57. The van der Waals surface area contributed by atoms with Gasteiger partial charge in [-0.1, -0.05) is 30.3 Å². The van der Waals surface area contributed by atoms with Gasteiger partial charge in [-0.15, -0.1) is 0 Å². The summed E-state index contributed by atoms with van der Waals surface area (Å²) in [6, 6.07) is 8.33. The van der Waals surface area contributed by atoms with E-state index in [1.807, 2.05) is 0 Å². The number of amides is 1. The first-order chi connectivity index (χ1) is 8.32. The van der Waals surface area contributed by atoms with Gasteiger partial charge in [-0.25, -0.2) is 5.06 Å². The van der Waals surface area contributed by atoms with E-state index in [4.69, 9.17) is 0 Å². The van der Waals surface area contributed by atoms with E-state index in [1.54, 1.807) is 30.3 Å². The summed E-state index contributed by atoms with van der Waals surface area (Å²) in [6.45, 7) is 1.05. The van der Waals surface area contributed by atoms with Crippen LogP contribution >= 0.6 is 7.60 Å². The number of hydrogen-bond donors (Lipinski definition) is 3. The van der Waals surface area contributed by atoms with Crippen molar-refractivity contribution in [3.05, 3.63) is 35.9 Å². The van der Waals surface area contributed by atoms with Crippen molar-refractivity contribution in [3.63, 3.8) is 0 Å². The molecular weight excluding hydrogens is 257 g/mol. The zero-order valence-electron chi connectivity index (χ0n) is 9.93. The lowest BCUT2D eigenvalue weighted by Crippen LogP contribution is -2.26. The Bertz CT molecular complexity index is 444. The Morgan fingerprint density at radius 1 is 1.33 bits per heavy atom. The van der Waals surface area contributed by atoms with Crippen LogP contribution in [0, 0.1) is 0 Å². The highest BCUT2D eigenvalue weighted by molar-refractivity contribution is 7.52. The summed E-state index contributed by atoms with van der Waals surface area (Å²) >= 11 is 0. The zero-order valence-corrected chi connectivity index (χ0v) is 10.8. The van der Waals surface area contributed by atoms with E-state index >= 15 is 0 Å². The topological polar surface area (TPSA) is 98.1 Å². The van der Waals surface area contributed by atoms with Crippen LogP contribution in [-0.4, -0.2) is 32.5 Å². The van der Waals surface area contributed by atoms with Crippen molar-refractivity contribution >= 4 is 13.5 Å². The first-order valence-electron chi connectivity index (χ1n) is 5.39.